The number of carbonyl (C=O) groups excluding carboxylic acids is 1. The Labute approximate surface area is 205 Å². The average molecular weight is 565 g/mol. The molecule has 0 radical (unpaired) electrons. The van der Waals surface area contributed by atoms with E-state index in [-0.39, 0.29) is 22.9 Å². The Hall–Kier alpha value is -2.89. The molecular weight excluding hydrogens is 546 g/mol. The molecule has 3 rings (SSSR count). The fraction of sp³-hybridized carbons (Fsp3) is 0.348. The van der Waals surface area contributed by atoms with Crippen molar-refractivity contribution in [1.29, 1.82) is 0 Å². The van der Waals surface area contributed by atoms with Gasteiger partial charge >= 0.3 is 12.4 Å². The number of hydrogen-bond acceptors (Lipinski definition) is 5. The molecule has 0 N–H and O–H groups in total. The van der Waals surface area contributed by atoms with Gasteiger partial charge in [0.25, 0.3) is 0 Å². The predicted molar refractivity (Wildman–Crippen MR) is 119 cm³/mol. The number of nitrogens with zero attached hydrogens (tertiary/aromatic N) is 2. The Bertz CT molecular complexity index is 1120. The van der Waals surface area contributed by atoms with Crippen molar-refractivity contribution in [2.75, 3.05) is 13.2 Å². The smallest absolute Gasteiger partial charge is 0.422 e. The van der Waals surface area contributed by atoms with E-state index >= 15 is 0 Å². The highest BCUT2D eigenvalue weighted by atomic mass is 79.9. The highest BCUT2D eigenvalue weighted by molar-refractivity contribution is 9.10. The summed E-state index contributed by atoms with van der Waals surface area (Å²) in [6.07, 6.45) is -1.85. The molecule has 0 saturated heterocycles. The molecule has 1 aliphatic carbocycles. The fourth-order valence-corrected chi connectivity index (χ4v) is 3.09. The highest BCUT2D eigenvalue weighted by Gasteiger charge is 2.30. The van der Waals surface area contributed by atoms with E-state index in [0.29, 0.717) is 11.3 Å². The molecule has 2 aromatic heterocycles. The second-order valence-electron chi connectivity index (χ2n) is 7.75. The maximum atomic E-state index is 13.0. The van der Waals surface area contributed by atoms with Crippen LogP contribution in [-0.2, 0) is 4.79 Å². The zero-order chi connectivity index (χ0) is 25.8. The number of pyridine rings is 2. The van der Waals surface area contributed by atoms with Gasteiger partial charge in [-0.1, -0.05) is 6.08 Å². The SMILES string of the molecule is Cc1c(OCC(F)(F)F)cc(OCC(F)(F)F)nc1/C=C\C(=O)/C(=C\C1CC1)c1ccc(Br)cn1. The lowest BCUT2D eigenvalue weighted by Crippen LogP contribution is -2.21. The fourth-order valence-electron chi connectivity index (χ4n) is 2.85. The summed E-state index contributed by atoms with van der Waals surface area (Å²) < 4.78 is 85.6. The van der Waals surface area contributed by atoms with Gasteiger partial charge in [0.2, 0.25) is 5.88 Å². The van der Waals surface area contributed by atoms with Crippen LogP contribution in [0.4, 0.5) is 26.3 Å². The molecule has 0 bridgehead atoms. The molecule has 2 aromatic rings. The van der Waals surface area contributed by atoms with Gasteiger partial charge in [0.15, 0.2) is 19.0 Å². The number of hydrogen-bond donors (Lipinski definition) is 0. The number of ketones is 1. The second-order valence-corrected chi connectivity index (χ2v) is 8.67. The van der Waals surface area contributed by atoms with E-state index in [9.17, 15) is 31.1 Å². The van der Waals surface area contributed by atoms with Crippen LogP contribution in [0.3, 0.4) is 0 Å². The summed E-state index contributed by atoms with van der Waals surface area (Å²) in [4.78, 5) is 21.1. The van der Waals surface area contributed by atoms with E-state index in [4.69, 9.17) is 4.74 Å². The zero-order valence-electron chi connectivity index (χ0n) is 18.2. The summed E-state index contributed by atoms with van der Waals surface area (Å²) in [7, 11) is 0. The molecule has 0 aromatic carbocycles. The summed E-state index contributed by atoms with van der Waals surface area (Å²) in [5, 5.41) is 0. The first-order valence-corrected chi connectivity index (χ1v) is 11.1. The number of carbonyl (C=O) groups is 1. The van der Waals surface area contributed by atoms with Crippen LogP contribution in [0.15, 0.2) is 41.0 Å². The third-order valence-corrected chi connectivity index (χ3v) is 5.17. The largest absolute Gasteiger partial charge is 0.484 e. The van der Waals surface area contributed by atoms with Gasteiger partial charge < -0.3 is 9.47 Å². The molecule has 2 heterocycles. The first-order valence-electron chi connectivity index (χ1n) is 10.3. The van der Waals surface area contributed by atoms with E-state index in [2.05, 4.69) is 30.6 Å². The summed E-state index contributed by atoms with van der Waals surface area (Å²) in [6, 6.07) is 4.22. The summed E-state index contributed by atoms with van der Waals surface area (Å²) in [5.41, 5.74) is 0.764. The third kappa shape index (κ3) is 8.68. The predicted octanol–water partition coefficient (Wildman–Crippen LogP) is 6.51. The van der Waals surface area contributed by atoms with Crippen molar-refractivity contribution in [2.45, 2.75) is 32.1 Å². The van der Waals surface area contributed by atoms with Crippen LogP contribution in [-0.4, -0.2) is 41.3 Å². The molecule has 5 nitrogen and oxygen atoms in total. The van der Waals surface area contributed by atoms with Crippen molar-refractivity contribution in [3.63, 3.8) is 0 Å². The lowest BCUT2D eigenvalue weighted by atomic mass is 10.0. The maximum Gasteiger partial charge on any atom is 0.422 e. The quantitative estimate of drug-likeness (QED) is 0.257. The van der Waals surface area contributed by atoms with Crippen LogP contribution in [0.25, 0.3) is 11.6 Å². The molecule has 0 aliphatic heterocycles. The average Bonchev–Trinajstić information content (AvgIpc) is 3.58. The number of ether oxygens (including phenoxy) is 2. The zero-order valence-corrected chi connectivity index (χ0v) is 19.8. The first kappa shape index (κ1) is 26.7. The lowest BCUT2D eigenvalue weighted by Gasteiger charge is -2.15. The van der Waals surface area contributed by atoms with E-state index in [1.807, 2.05) is 0 Å². The van der Waals surface area contributed by atoms with E-state index in [1.165, 1.54) is 19.2 Å². The van der Waals surface area contributed by atoms with Crippen molar-refractivity contribution >= 4 is 33.4 Å². The molecule has 1 aliphatic rings. The minimum Gasteiger partial charge on any atom is -0.484 e. The standard InChI is InChI=1S/C23H19BrF6N2O3/c1-13-17(32-21(35-12-23(28,29)30)9-20(13)34-11-22(25,26)27)6-7-19(33)16(8-14-2-3-14)18-5-4-15(24)10-31-18/h4-10,14H,2-3,11-12H2,1H3/b7-6-,16-8-. The number of allylic oxidation sites excluding steroid dienone is 3. The Morgan fingerprint density at radius 1 is 1.11 bits per heavy atom. The van der Waals surface area contributed by atoms with Gasteiger partial charge in [-0.15, -0.1) is 0 Å². The number of rotatable bonds is 9. The van der Waals surface area contributed by atoms with Crippen LogP contribution in [0.1, 0.15) is 29.8 Å². The maximum absolute atomic E-state index is 13.0. The Morgan fingerprint density at radius 3 is 2.34 bits per heavy atom. The summed E-state index contributed by atoms with van der Waals surface area (Å²) in [6.45, 7) is -2.00. The molecule has 0 atom stereocenters. The Balaban J connectivity index is 1.91. The number of alkyl halides is 6. The summed E-state index contributed by atoms with van der Waals surface area (Å²) in [5.74, 6) is -1.19. The van der Waals surface area contributed by atoms with Gasteiger partial charge in [0.05, 0.1) is 11.4 Å². The molecule has 188 valence electrons. The van der Waals surface area contributed by atoms with Crippen molar-refractivity contribution in [1.82, 2.24) is 9.97 Å². The van der Waals surface area contributed by atoms with E-state index in [1.54, 1.807) is 18.2 Å². The van der Waals surface area contributed by atoms with Gasteiger partial charge in [0, 0.05) is 27.9 Å². The van der Waals surface area contributed by atoms with Crippen LogP contribution < -0.4 is 9.47 Å². The molecule has 1 saturated carbocycles. The van der Waals surface area contributed by atoms with Crippen LogP contribution >= 0.6 is 15.9 Å². The van der Waals surface area contributed by atoms with E-state index < -0.39 is 37.2 Å². The first-order chi connectivity index (χ1) is 16.3. The number of halogens is 7. The Kier molecular flexibility index (Phi) is 8.24. The van der Waals surface area contributed by atoms with Gasteiger partial charge in [-0.2, -0.15) is 26.3 Å². The summed E-state index contributed by atoms with van der Waals surface area (Å²) >= 11 is 3.27. The van der Waals surface area contributed by atoms with Crippen molar-refractivity contribution in [3.05, 3.63) is 58.0 Å². The lowest BCUT2D eigenvalue weighted by molar-refractivity contribution is -0.154. The normalized spacial score (nSPS) is 14.9. The van der Waals surface area contributed by atoms with Gasteiger partial charge in [-0.25, -0.2) is 4.98 Å². The third-order valence-electron chi connectivity index (χ3n) is 4.70. The Morgan fingerprint density at radius 2 is 1.77 bits per heavy atom. The molecule has 1 fully saturated rings. The van der Waals surface area contributed by atoms with Crippen LogP contribution in [0.2, 0.25) is 0 Å². The van der Waals surface area contributed by atoms with Crippen molar-refractivity contribution < 1.29 is 40.6 Å². The minimum absolute atomic E-state index is 0.0789. The molecule has 0 amide bonds. The van der Waals surface area contributed by atoms with Crippen LogP contribution in [0.5, 0.6) is 11.6 Å². The van der Waals surface area contributed by atoms with E-state index in [0.717, 1.165) is 29.5 Å². The molecule has 12 heteroatoms. The molecule has 35 heavy (non-hydrogen) atoms. The molecule has 0 spiro atoms. The number of aromatic nitrogens is 2. The minimum atomic E-state index is -4.69. The van der Waals surface area contributed by atoms with Crippen molar-refractivity contribution in [2.24, 2.45) is 5.92 Å². The van der Waals surface area contributed by atoms with Gasteiger partial charge in [-0.3, -0.25) is 9.78 Å². The highest BCUT2D eigenvalue weighted by Crippen LogP contribution is 2.34. The molecule has 0 unspecified atom stereocenters. The van der Waals surface area contributed by atoms with Gasteiger partial charge in [0.1, 0.15) is 5.75 Å². The van der Waals surface area contributed by atoms with Gasteiger partial charge in [-0.05, 0) is 65.9 Å². The van der Waals surface area contributed by atoms with Crippen LogP contribution in [0, 0.1) is 12.8 Å². The monoisotopic (exact) mass is 564 g/mol. The topological polar surface area (TPSA) is 61.3 Å². The second kappa shape index (κ2) is 10.8. The molecular formula is C23H19BrF6N2O3. The van der Waals surface area contributed by atoms with Crippen molar-refractivity contribution in [3.8, 4) is 11.6 Å².